The van der Waals surface area contributed by atoms with Gasteiger partial charge in [0.1, 0.15) is 17.0 Å². The molecule has 230 valence electrons. The first-order valence-electron chi connectivity index (χ1n) is 14.9. The largest absolute Gasteiger partial charge is 0.480 e. The van der Waals surface area contributed by atoms with Crippen LogP contribution in [-0.2, 0) is 27.1 Å². The summed E-state index contributed by atoms with van der Waals surface area (Å²) in [6, 6.07) is 19.3. The number of imide groups is 1. The highest BCUT2D eigenvalue weighted by Gasteiger charge is 2.68. The molecule has 0 aromatic heterocycles. The zero-order chi connectivity index (χ0) is 31.1. The third kappa shape index (κ3) is 5.58. The van der Waals surface area contributed by atoms with Crippen molar-refractivity contribution in [3.63, 3.8) is 0 Å². The van der Waals surface area contributed by atoms with Crippen molar-refractivity contribution in [3.8, 4) is 11.5 Å². The Labute approximate surface area is 253 Å². The Bertz CT molecular complexity index is 1560. The summed E-state index contributed by atoms with van der Waals surface area (Å²) < 4.78 is 45.6. The maximum Gasteiger partial charge on any atom is 0.416 e. The number of rotatable bonds is 8. The molecule has 1 aliphatic carbocycles. The van der Waals surface area contributed by atoms with Gasteiger partial charge in [0.25, 0.3) is 0 Å². The molecule has 2 aliphatic heterocycles. The molecule has 0 radical (unpaired) electrons. The summed E-state index contributed by atoms with van der Waals surface area (Å²) in [4.78, 5) is 42.5. The van der Waals surface area contributed by atoms with Gasteiger partial charge in [-0.15, -0.1) is 0 Å². The van der Waals surface area contributed by atoms with E-state index in [0.717, 1.165) is 49.8 Å². The SMILES string of the molecule is O=C1C2C(c3cccc(Oc4cccc(C(F)(F)F)c4)c3)NC(CC3CCCCC3)(C(=O)O)C2C(=O)N1Cc1ccccc1. The van der Waals surface area contributed by atoms with Crippen LogP contribution in [0.5, 0.6) is 11.5 Å². The van der Waals surface area contributed by atoms with Crippen molar-refractivity contribution in [2.45, 2.75) is 62.8 Å². The minimum absolute atomic E-state index is 0.0208. The third-order valence-electron chi connectivity index (χ3n) is 9.26. The van der Waals surface area contributed by atoms with Gasteiger partial charge in [-0.1, -0.05) is 80.6 Å². The Balaban J connectivity index is 1.36. The quantitative estimate of drug-likeness (QED) is 0.276. The summed E-state index contributed by atoms with van der Waals surface area (Å²) in [7, 11) is 0. The van der Waals surface area contributed by atoms with Gasteiger partial charge in [-0.2, -0.15) is 13.2 Å². The summed E-state index contributed by atoms with van der Waals surface area (Å²) in [5.74, 6) is -3.92. The van der Waals surface area contributed by atoms with Gasteiger partial charge in [0, 0.05) is 6.04 Å². The van der Waals surface area contributed by atoms with E-state index < -0.39 is 52.9 Å². The summed E-state index contributed by atoms with van der Waals surface area (Å²) >= 11 is 0. The number of aliphatic carboxylic acids is 1. The lowest BCUT2D eigenvalue weighted by Gasteiger charge is -2.35. The van der Waals surface area contributed by atoms with Crippen LogP contribution in [0.15, 0.2) is 78.9 Å². The van der Waals surface area contributed by atoms with Gasteiger partial charge < -0.3 is 9.84 Å². The first kappa shape index (κ1) is 29.9. The molecule has 4 atom stereocenters. The summed E-state index contributed by atoms with van der Waals surface area (Å²) in [6.45, 7) is 0.0377. The molecular formula is C34H33F3N2O5. The Morgan fingerprint density at radius 1 is 0.909 bits per heavy atom. The van der Waals surface area contributed by atoms with Gasteiger partial charge in [-0.05, 0) is 53.8 Å². The van der Waals surface area contributed by atoms with Crippen LogP contribution in [0.3, 0.4) is 0 Å². The van der Waals surface area contributed by atoms with Gasteiger partial charge in [0.2, 0.25) is 11.8 Å². The number of carboxylic acids is 1. The molecular weight excluding hydrogens is 573 g/mol. The Morgan fingerprint density at radius 2 is 1.59 bits per heavy atom. The van der Waals surface area contributed by atoms with Crippen molar-refractivity contribution in [3.05, 3.63) is 95.6 Å². The predicted molar refractivity (Wildman–Crippen MR) is 154 cm³/mol. The number of ether oxygens (including phenoxy) is 1. The summed E-state index contributed by atoms with van der Waals surface area (Å²) in [6.07, 6.45) is 0.450. The lowest BCUT2D eigenvalue weighted by Crippen LogP contribution is -2.56. The molecule has 3 aliphatic rings. The van der Waals surface area contributed by atoms with Crippen molar-refractivity contribution in [2.24, 2.45) is 17.8 Å². The molecule has 10 heteroatoms. The number of nitrogens with one attached hydrogen (secondary N) is 1. The van der Waals surface area contributed by atoms with Crippen LogP contribution in [0, 0.1) is 17.8 Å². The number of carbonyl (C=O) groups is 3. The van der Waals surface area contributed by atoms with Crippen LogP contribution in [0.25, 0.3) is 0 Å². The number of likely N-dealkylation sites (tertiary alicyclic amines) is 1. The number of halogens is 3. The van der Waals surface area contributed by atoms with Crippen molar-refractivity contribution >= 4 is 17.8 Å². The number of hydrogen-bond donors (Lipinski definition) is 2. The van der Waals surface area contributed by atoms with E-state index in [2.05, 4.69) is 5.32 Å². The number of carboxylic acid groups (broad SMARTS) is 1. The lowest BCUT2D eigenvalue weighted by molar-refractivity contribution is -0.152. The Hall–Kier alpha value is -4.18. The van der Waals surface area contributed by atoms with Crippen molar-refractivity contribution in [1.82, 2.24) is 10.2 Å². The van der Waals surface area contributed by atoms with Gasteiger partial charge in [-0.3, -0.25) is 24.6 Å². The molecule has 2 saturated heterocycles. The second-order valence-electron chi connectivity index (χ2n) is 12.1. The minimum Gasteiger partial charge on any atom is -0.480 e. The number of alkyl halides is 3. The summed E-state index contributed by atoms with van der Waals surface area (Å²) in [5, 5.41) is 14.0. The molecule has 4 unspecified atom stereocenters. The molecule has 2 N–H and O–H groups in total. The fourth-order valence-electron chi connectivity index (χ4n) is 7.23. The van der Waals surface area contributed by atoms with Crippen LogP contribution >= 0.6 is 0 Å². The van der Waals surface area contributed by atoms with E-state index in [1.54, 1.807) is 24.3 Å². The van der Waals surface area contributed by atoms with E-state index in [4.69, 9.17) is 4.74 Å². The number of benzene rings is 3. The second kappa shape index (κ2) is 11.7. The highest BCUT2D eigenvalue weighted by Crippen LogP contribution is 2.52. The maximum atomic E-state index is 14.0. The average molecular weight is 607 g/mol. The zero-order valence-electron chi connectivity index (χ0n) is 23.9. The molecule has 7 nitrogen and oxygen atoms in total. The highest BCUT2D eigenvalue weighted by atomic mass is 19.4. The minimum atomic E-state index is -4.54. The topological polar surface area (TPSA) is 95.9 Å². The third-order valence-corrected chi connectivity index (χ3v) is 9.26. The Morgan fingerprint density at radius 3 is 2.27 bits per heavy atom. The molecule has 3 aromatic carbocycles. The standard InChI is InChI=1S/C34H33F3N2O5/c35-34(36,37)24-14-8-16-26(18-24)44-25-15-7-13-23(17-25)29-27-28(31(41)39(30(27)40)20-22-11-5-2-6-12-22)33(38-29,32(42)43)19-21-9-3-1-4-10-21/h2,5-8,11-18,21,27-29,38H,1,3-4,9-10,19-20H2,(H,42,43). The number of fused-ring (bicyclic) bond motifs is 1. The van der Waals surface area contributed by atoms with E-state index in [1.807, 2.05) is 30.3 Å². The second-order valence-corrected chi connectivity index (χ2v) is 12.1. The number of hydrogen-bond acceptors (Lipinski definition) is 5. The molecule has 6 rings (SSSR count). The van der Waals surface area contributed by atoms with Gasteiger partial charge >= 0.3 is 12.1 Å². The highest BCUT2D eigenvalue weighted by molar-refractivity contribution is 6.09. The van der Waals surface area contributed by atoms with Crippen LogP contribution < -0.4 is 10.1 Å². The van der Waals surface area contributed by atoms with Gasteiger partial charge in [0.15, 0.2) is 0 Å². The van der Waals surface area contributed by atoms with E-state index in [1.165, 1.54) is 17.0 Å². The fraction of sp³-hybridized carbons (Fsp3) is 0.382. The van der Waals surface area contributed by atoms with Crippen LogP contribution in [0.4, 0.5) is 13.2 Å². The lowest BCUT2D eigenvalue weighted by atomic mass is 9.72. The molecule has 1 saturated carbocycles. The molecule has 2 amide bonds. The van der Waals surface area contributed by atoms with Gasteiger partial charge in [0.05, 0.1) is 23.9 Å². The number of carbonyl (C=O) groups excluding carboxylic acids is 2. The maximum absolute atomic E-state index is 14.0. The predicted octanol–water partition coefficient (Wildman–Crippen LogP) is 6.74. The normalized spacial score (nSPS) is 25.7. The molecule has 0 spiro atoms. The van der Waals surface area contributed by atoms with Crippen molar-refractivity contribution < 1.29 is 37.4 Å². The fourth-order valence-corrected chi connectivity index (χ4v) is 7.23. The van der Waals surface area contributed by atoms with Crippen LogP contribution in [-0.4, -0.2) is 33.3 Å². The van der Waals surface area contributed by atoms with Gasteiger partial charge in [-0.25, -0.2) is 0 Å². The summed E-state index contributed by atoms with van der Waals surface area (Å²) in [5.41, 5.74) is -1.25. The van der Waals surface area contributed by atoms with Crippen molar-refractivity contribution in [2.75, 3.05) is 0 Å². The molecule has 3 aromatic rings. The molecule has 0 bridgehead atoms. The van der Waals surface area contributed by atoms with Crippen LogP contribution in [0.1, 0.15) is 61.3 Å². The van der Waals surface area contributed by atoms with Crippen LogP contribution in [0.2, 0.25) is 0 Å². The van der Waals surface area contributed by atoms with E-state index >= 15 is 0 Å². The Kier molecular flexibility index (Phi) is 7.96. The van der Waals surface area contributed by atoms with E-state index in [-0.39, 0.29) is 30.4 Å². The van der Waals surface area contributed by atoms with E-state index in [9.17, 15) is 32.7 Å². The number of amides is 2. The number of nitrogens with zero attached hydrogens (tertiary/aromatic N) is 1. The molecule has 3 fully saturated rings. The molecule has 2 heterocycles. The van der Waals surface area contributed by atoms with Crippen molar-refractivity contribution in [1.29, 1.82) is 0 Å². The molecule has 44 heavy (non-hydrogen) atoms. The first-order valence-corrected chi connectivity index (χ1v) is 14.9. The monoisotopic (exact) mass is 606 g/mol. The first-order chi connectivity index (χ1) is 21.1. The average Bonchev–Trinajstić information content (AvgIpc) is 3.48. The van der Waals surface area contributed by atoms with E-state index in [0.29, 0.717) is 5.56 Å². The zero-order valence-corrected chi connectivity index (χ0v) is 23.9. The smallest absolute Gasteiger partial charge is 0.416 e.